The number of aryl methyl sites for hydroxylation is 2. The van der Waals surface area contributed by atoms with Gasteiger partial charge in [0.1, 0.15) is 0 Å². The van der Waals surface area contributed by atoms with Gasteiger partial charge in [0.2, 0.25) is 15.9 Å². The van der Waals surface area contributed by atoms with Gasteiger partial charge in [0.15, 0.2) is 0 Å². The Hall–Kier alpha value is -2.18. The summed E-state index contributed by atoms with van der Waals surface area (Å²) in [7, 11) is -3.34. The molecule has 0 heterocycles. The molecular weight excluding hydrogens is 360 g/mol. The standard InChI is InChI=1S/C21H28N2O3S/c1-18-9-6-7-13-20(18)17-22-21(24)14-16-23(27(2,25)26)15-8-12-19-10-4-3-5-11-19/h3-7,9-11,13H,8,12,14-17H2,1-2H3,(H,22,24). The number of rotatable bonds is 10. The van der Waals surface area contributed by atoms with Crippen LogP contribution in [0.3, 0.4) is 0 Å². The molecule has 1 N–H and O–H groups in total. The van der Waals surface area contributed by atoms with Crippen molar-refractivity contribution in [3.63, 3.8) is 0 Å². The summed E-state index contributed by atoms with van der Waals surface area (Å²) in [4.78, 5) is 12.1. The van der Waals surface area contributed by atoms with Gasteiger partial charge in [-0.2, -0.15) is 0 Å². The molecule has 0 aliphatic carbocycles. The van der Waals surface area contributed by atoms with E-state index in [2.05, 4.69) is 5.32 Å². The molecule has 0 aliphatic heterocycles. The molecule has 1 amide bonds. The van der Waals surface area contributed by atoms with Crippen LogP contribution in [0.1, 0.15) is 29.5 Å². The number of hydrogen-bond donors (Lipinski definition) is 1. The second-order valence-electron chi connectivity index (χ2n) is 6.70. The molecule has 0 saturated carbocycles. The van der Waals surface area contributed by atoms with Gasteiger partial charge in [-0.25, -0.2) is 12.7 Å². The van der Waals surface area contributed by atoms with Crippen LogP contribution in [0.15, 0.2) is 54.6 Å². The third kappa shape index (κ3) is 7.53. The average Bonchev–Trinajstić information content (AvgIpc) is 2.63. The smallest absolute Gasteiger partial charge is 0.221 e. The monoisotopic (exact) mass is 388 g/mol. The van der Waals surface area contributed by atoms with E-state index in [0.29, 0.717) is 13.1 Å². The Bertz CT molecular complexity index is 836. The Morgan fingerprint density at radius 2 is 1.67 bits per heavy atom. The first-order chi connectivity index (χ1) is 12.9. The molecule has 2 aromatic rings. The van der Waals surface area contributed by atoms with E-state index in [1.807, 2.05) is 61.5 Å². The number of sulfonamides is 1. The van der Waals surface area contributed by atoms with E-state index in [9.17, 15) is 13.2 Å². The van der Waals surface area contributed by atoms with Crippen molar-refractivity contribution in [3.05, 3.63) is 71.3 Å². The predicted octanol–water partition coefficient (Wildman–Crippen LogP) is 2.90. The summed E-state index contributed by atoms with van der Waals surface area (Å²) in [6.45, 7) is 3.07. The van der Waals surface area contributed by atoms with E-state index in [4.69, 9.17) is 0 Å². The number of hydrogen-bond acceptors (Lipinski definition) is 3. The van der Waals surface area contributed by atoms with E-state index in [1.54, 1.807) is 0 Å². The van der Waals surface area contributed by atoms with Crippen LogP contribution in [0.5, 0.6) is 0 Å². The highest BCUT2D eigenvalue weighted by Gasteiger charge is 2.17. The van der Waals surface area contributed by atoms with Crippen LogP contribution in [0.25, 0.3) is 0 Å². The first kappa shape index (κ1) is 21.1. The largest absolute Gasteiger partial charge is 0.352 e. The van der Waals surface area contributed by atoms with Crippen LogP contribution >= 0.6 is 0 Å². The van der Waals surface area contributed by atoms with Gasteiger partial charge >= 0.3 is 0 Å². The SMILES string of the molecule is Cc1ccccc1CNC(=O)CCN(CCCc1ccccc1)S(C)(=O)=O. The number of benzene rings is 2. The summed E-state index contributed by atoms with van der Waals surface area (Å²) in [5.41, 5.74) is 3.37. The van der Waals surface area contributed by atoms with E-state index in [0.717, 1.165) is 24.0 Å². The molecule has 0 atom stereocenters. The fourth-order valence-electron chi connectivity index (χ4n) is 2.86. The van der Waals surface area contributed by atoms with Crippen molar-refractivity contribution < 1.29 is 13.2 Å². The van der Waals surface area contributed by atoms with Gasteiger partial charge in [0.25, 0.3) is 0 Å². The summed E-state index contributed by atoms with van der Waals surface area (Å²) in [5, 5.41) is 2.87. The highest BCUT2D eigenvalue weighted by molar-refractivity contribution is 7.88. The van der Waals surface area contributed by atoms with Crippen LogP contribution in [0.2, 0.25) is 0 Å². The first-order valence-corrected chi connectivity index (χ1v) is 11.0. The zero-order chi connectivity index (χ0) is 19.7. The topological polar surface area (TPSA) is 66.5 Å². The molecule has 0 spiro atoms. The molecule has 2 aromatic carbocycles. The van der Waals surface area contributed by atoms with Gasteiger partial charge in [0.05, 0.1) is 6.26 Å². The highest BCUT2D eigenvalue weighted by atomic mass is 32.2. The van der Waals surface area contributed by atoms with Crippen LogP contribution in [0, 0.1) is 6.92 Å². The Morgan fingerprint density at radius 3 is 2.33 bits per heavy atom. The zero-order valence-corrected chi connectivity index (χ0v) is 16.8. The zero-order valence-electron chi connectivity index (χ0n) is 16.0. The molecule has 0 bridgehead atoms. The van der Waals surface area contributed by atoms with Crippen LogP contribution < -0.4 is 5.32 Å². The average molecular weight is 389 g/mol. The van der Waals surface area contributed by atoms with Crippen molar-refractivity contribution in [2.45, 2.75) is 32.7 Å². The molecule has 6 heteroatoms. The molecule has 0 saturated heterocycles. The minimum Gasteiger partial charge on any atom is -0.352 e. The summed E-state index contributed by atoms with van der Waals surface area (Å²) >= 11 is 0. The Kier molecular flexibility index (Phi) is 8.00. The quantitative estimate of drug-likeness (QED) is 0.681. The Balaban J connectivity index is 1.79. The van der Waals surface area contributed by atoms with E-state index >= 15 is 0 Å². The molecule has 0 aliphatic rings. The van der Waals surface area contributed by atoms with E-state index in [1.165, 1.54) is 16.1 Å². The van der Waals surface area contributed by atoms with Crippen LogP contribution in [-0.4, -0.2) is 38.0 Å². The van der Waals surface area contributed by atoms with Gasteiger partial charge in [0, 0.05) is 26.1 Å². The lowest BCUT2D eigenvalue weighted by Crippen LogP contribution is -2.35. The van der Waals surface area contributed by atoms with E-state index in [-0.39, 0.29) is 18.9 Å². The molecule has 0 aromatic heterocycles. The summed E-state index contributed by atoms with van der Waals surface area (Å²) < 4.78 is 25.4. The number of nitrogens with zero attached hydrogens (tertiary/aromatic N) is 1. The fourth-order valence-corrected chi connectivity index (χ4v) is 3.75. The van der Waals surface area contributed by atoms with Crippen molar-refractivity contribution in [2.24, 2.45) is 0 Å². The van der Waals surface area contributed by atoms with Crippen LogP contribution in [-0.2, 0) is 27.8 Å². The molecule has 0 radical (unpaired) electrons. The van der Waals surface area contributed by atoms with Crippen molar-refractivity contribution >= 4 is 15.9 Å². The third-order valence-electron chi connectivity index (χ3n) is 4.51. The predicted molar refractivity (Wildman–Crippen MR) is 109 cm³/mol. The number of nitrogens with one attached hydrogen (secondary N) is 1. The number of carbonyl (C=O) groups excluding carboxylic acids is 1. The van der Waals surface area contributed by atoms with Crippen molar-refractivity contribution in [3.8, 4) is 0 Å². The number of carbonyl (C=O) groups is 1. The lowest BCUT2D eigenvalue weighted by atomic mass is 10.1. The normalized spacial score (nSPS) is 11.5. The molecule has 0 fully saturated rings. The molecule has 146 valence electrons. The van der Waals surface area contributed by atoms with Crippen molar-refractivity contribution in [2.75, 3.05) is 19.3 Å². The first-order valence-electron chi connectivity index (χ1n) is 9.16. The fraction of sp³-hybridized carbons (Fsp3) is 0.381. The van der Waals surface area contributed by atoms with Crippen LogP contribution in [0.4, 0.5) is 0 Å². The second-order valence-corrected chi connectivity index (χ2v) is 8.69. The molecule has 2 rings (SSSR count). The maximum atomic E-state index is 12.1. The maximum absolute atomic E-state index is 12.1. The van der Waals surface area contributed by atoms with Crippen molar-refractivity contribution in [1.82, 2.24) is 9.62 Å². The van der Waals surface area contributed by atoms with Crippen molar-refractivity contribution in [1.29, 1.82) is 0 Å². The minimum atomic E-state index is -3.34. The number of amides is 1. The van der Waals surface area contributed by atoms with E-state index < -0.39 is 10.0 Å². The van der Waals surface area contributed by atoms with Gasteiger partial charge < -0.3 is 5.32 Å². The molecule has 0 unspecified atom stereocenters. The van der Waals surface area contributed by atoms with Gasteiger partial charge in [-0.05, 0) is 36.5 Å². The minimum absolute atomic E-state index is 0.144. The lowest BCUT2D eigenvalue weighted by Gasteiger charge is -2.19. The Labute approximate surface area is 162 Å². The molecular formula is C21H28N2O3S. The summed E-state index contributed by atoms with van der Waals surface area (Å²) in [5.74, 6) is -0.144. The second kappa shape index (κ2) is 10.2. The third-order valence-corrected chi connectivity index (χ3v) is 5.81. The summed E-state index contributed by atoms with van der Waals surface area (Å²) in [6.07, 6.45) is 2.89. The Morgan fingerprint density at radius 1 is 1.00 bits per heavy atom. The molecule has 27 heavy (non-hydrogen) atoms. The highest BCUT2D eigenvalue weighted by Crippen LogP contribution is 2.08. The maximum Gasteiger partial charge on any atom is 0.221 e. The van der Waals surface area contributed by atoms with Gasteiger partial charge in [-0.1, -0.05) is 54.6 Å². The van der Waals surface area contributed by atoms with Gasteiger partial charge in [-0.3, -0.25) is 4.79 Å². The summed E-state index contributed by atoms with van der Waals surface area (Å²) in [6, 6.07) is 17.8. The van der Waals surface area contributed by atoms with Gasteiger partial charge in [-0.15, -0.1) is 0 Å². The lowest BCUT2D eigenvalue weighted by molar-refractivity contribution is -0.121. The molecule has 5 nitrogen and oxygen atoms in total.